The Kier molecular flexibility index (Phi) is 4.96. The highest BCUT2D eigenvalue weighted by molar-refractivity contribution is 7.90. The van der Waals surface area contributed by atoms with E-state index in [1.54, 1.807) is 6.92 Å². The van der Waals surface area contributed by atoms with E-state index in [9.17, 15) is 22.9 Å². The molecule has 1 aromatic rings. The van der Waals surface area contributed by atoms with E-state index < -0.39 is 32.0 Å². The minimum absolute atomic E-state index is 0.144. The molecule has 0 bridgehead atoms. The molecule has 6 nitrogen and oxygen atoms in total. The van der Waals surface area contributed by atoms with E-state index in [2.05, 4.69) is 0 Å². The standard InChI is InChI=1S/C11H15FN2O4S/c1-8(5-13)6-19(17,18)7-9-4-10(12)2-3-11(9)14(15)16/h2-4,8H,5-7,13H2,1H3. The Morgan fingerprint density at radius 1 is 1.47 bits per heavy atom. The van der Waals surface area contributed by atoms with Crippen LogP contribution in [0.3, 0.4) is 0 Å². The van der Waals surface area contributed by atoms with E-state index in [0.29, 0.717) is 0 Å². The van der Waals surface area contributed by atoms with Gasteiger partial charge in [-0.2, -0.15) is 0 Å². The van der Waals surface area contributed by atoms with Crippen molar-refractivity contribution in [2.75, 3.05) is 12.3 Å². The molecule has 0 amide bonds. The fraction of sp³-hybridized carbons (Fsp3) is 0.455. The van der Waals surface area contributed by atoms with Crippen LogP contribution in [0, 0.1) is 21.8 Å². The Hall–Kier alpha value is -1.54. The first kappa shape index (κ1) is 15.5. The maximum atomic E-state index is 13.1. The summed E-state index contributed by atoms with van der Waals surface area (Å²) in [4.78, 5) is 10.0. The number of nitrogens with two attached hydrogens (primary N) is 1. The summed E-state index contributed by atoms with van der Waals surface area (Å²) in [6, 6.07) is 2.77. The van der Waals surface area contributed by atoms with Crippen molar-refractivity contribution in [1.29, 1.82) is 0 Å². The van der Waals surface area contributed by atoms with Crippen LogP contribution < -0.4 is 5.73 Å². The van der Waals surface area contributed by atoms with Crippen molar-refractivity contribution in [3.63, 3.8) is 0 Å². The predicted molar refractivity (Wildman–Crippen MR) is 68.8 cm³/mol. The second-order valence-corrected chi connectivity index (χ2v) is 6.53. The lowest BCUT2D eigenvalue weighted by molar-refractivity contribution is -0.385. The summed E-state index contributed by atoms with van der Waals surface area (Å²) in [6.45, 7) is 1.86. The van der Waals surface area contributed by atoms with Crippen LogP contribution in [0.4, 0.5) is 10.1 Å². The van der Waals surface area contributed by atoms with Gasteiger partial charge in [0.1, 0.15) is 5.82 Å². The lowest BCUT2D eigenvalue weighted by atomic mass is 10.2. The Balaban J connectivity index is 3.04. The quantitative estimate of drug-likeness (QED) is 0.627. The molecule has 1 atom stereocenters. The van der Waals surface area contributed by atoms with Crippen LogP contribution in [0.1, 0.15) is 12.5 Å². The van der Waals surface area contributed by atoms with Crippen molar-refractivity contribution in [3.05, 3.63) is 39.7 Å². The van der Waals surface area contributed by atoms with Gasteiger partial charge >= 0.3 is 0 Å². The number of hydrogen-bond acceptors (Lipinski definition) is 5. The molecule has 106 valence electrons. The third-order valence-corrected chi connectivity index (χ3v) is 4.38. The molecule has 8 heteroatoms. The van der Waals surface area contributed by atoms with Crippen molar-refractivity contribution in [3.8, 4) is 0 Å². The highest BCUT2D eigenvalue weighted by Crippen LogP contribution is 2.22. The number of benzene rings is 1. The van der Waals surface area contributed by atoms with Gasteiger partial charge in [-0.3, -0.25) is 10.1 Å². The number of nitro benzene ring substituents is 1. The summed E-state index contributed by atoms with van der Waals surface area (Å²) in [6.07, 6.45) is 0. The van der Waals surface area contributed by atoms with E-state index in [1.807, 2.05) is 0 Å². The fourth-order valence-corrected chi connectivity index (χ4v) is 3.47. The highest BCUT2D eigenvalue weighted by atomic mass is 32.2. The monoisotopic (exact) mass is 290 g/mol. The van der Waals surface area contributed by atoms with Crippen molar-refractivity contribution in [2.24, 2.45) is 11.7 Å². The smallest absolute Gasteiger partial charge is 0.273 e. The van der Waals surface area contributed by atoms with Gasteiger partial charge in [-0.1, -0.05) is 6.92 Å². The molecule has 0 heterocycles. The van der Waals surface area contributed by atoms with Gasteiger partial charge in [0.25, 0.3) is 5.69 Å². The molecule has 1 unspecified atom stereocenters. The molecule has 0 radical (unpaired) electrons. The second kappa shape index (κ2) is 6.07. The third kappa shape index (κ3) is 4.56. The molecule has 0 aliphatic rings. The summed E-state index contributed by atoms with van der Waals surface area (Å²) in [7, 11) is -3.57. The zero-order valence-electron chi connectivity index (χ0n) is 10.4. The van der Waals surface area contributed by atoms with Crippen LogP contribution in [0.2, 0.25) is 0 Å². The molecule has 0 saturated carbocycles. The highest BCUT2D eigenvalue weighted by Gasteiger charge is 2.22. The normalized spacial score (nSPS) is 13.2. The van der Waals surface area contributed by atoms with Gasteiger partial charge in [0.15, 0.2) is 9.84 Å². The average Bonchev–Trinajstić information content (AvgIpc) is 2.27. The third-order valence-electron chi connectivity index (χ3n) is 2.55. The first-order valence-electron chi connectivity index (χ1n) is 5.58. The molecular formula is C11H15FN2O4S. The molecule has 0 aliphatic heterocycles. The van der Waals surface area contributed by atoms with E-state index in [4.69, 9.17) is 5.73 Å². The fourth-order valence-electron chi connectivity index (χ4n) is 1.65. The van der Waals surface area contributed by atoms with Crippen molar-refractivity contribution >= 4 is 15.5 Å². The number of nitro groups is 1. The first-order chi connectivity index (χ1) is 8.75. The molecule has 0 spiro atoms. The van der Waals surface area contributed by atoms with Gasteiger partial charge < -0.3 is 5.73 Å². The van der Waals surface area contributed by atoms with E-state index in [0.717, 1.165) is 18.2 Å². The molecule has 0 saturated heterocycles. The second-order valence-electron chi connectivity index (χ2n) is 4.43. The van der Waals surface area contributed by atoms with Crippen LogP contribution in [-0.4, -0.2) is 25.6 Å². The van der Waals surface area contributed by atoms with Crippen LogP contribution >= 0.6 is 0 Å². The Bertz CT molecular complexity index is 574. The van der Waals surface area contributed by atoms with Gasteiger partial charge in [0.05, 0.1) is 16.4 Å². The number of halogens is 1. The van der Waals surface area contributed by atoms with Crippen LogP contribution in [0.25, 0.3) is 0 Å². The largest absolute Gasteiger partial charge is 0.330 e. The maximum Gasteiger partial charge on any atom is 0.273 e. The Morgan fingerprint density at radius 3 is 2.63 bits per heavy atom. The van der Waals surface area contributed by atoms with Gasteiger partial charge in [-0.05, 0) is 24.6 Å². The summed E-state index contributed by atoms with van der Waals surface area (Å²) in [5, 5.41) is 10.8. The summed E-state index contributed by atoms with van der Waals surface area (Å²) in [5.74, 6) is -1.71. The van der Waals surface area contributed by atoms with E-state index >= 15 is 0 Å². The van der Waals surface area contributed by atoms with Crippen LogP contribution in [-0.2, 0) is 15.6 Å². The summed E-state index contributed by atoms with van der Waals surface area (Å²) >= 11 is 0. The molecule has 2 N–H and O–H groups in total. The van der Waals surface area contributed by atoms with Crippen LogP contribution in [0.15, 0.2) is 18.2 Å². The van der Waals surface area contributed by atoms with Gasteiger partial charge in [0, 0.05) is 11.6 Å². The lowest BCUT2D eigenvalue weighted by Crippen LogP contribution is -2.22. The van der Waals surface area contributed by atoms with Crippen molar-refractivity contribution in [2.45, 2.75) is 12.7 Å². The van der Waals surface area contributed by atoms with Crippen molar-refractivity contribution in [1.82, 2.24) is 0 Å². The summed E-state index contributed by atoms with van der Waals surface area (Å²) < 4.78 is 36.8. The van der Waals surface area contributed by atoms with Crippen molar-refractivity contribution < 1.29 is 17.7 Å². The number of hydrogen-bond donors (Lipinski definition) is 1. The predicted octanol–water partition coefficient (Wildman–Crippen LogP) is 1.24. The van der Waals surface area contributed by atoms with Crippen LogP contribution in [0.5, 0.6) is 0 Å². The zero-order valence-corrected chi connectivity index (χ0v) is 11.2. The minimum atomic E-state index is -3.57. The Morgan fingerprint density at radius 2 is 2.11 bits per heavy atom. The SMILES string of the molecule is CC(CN)CS(=O)(=O)Cc1cc(F)ccc1[N+](=O)[O-]. The van der Waals surface area contributed by atoms with E-state index in [1.165, 1.54) is 0 Å². The zero-order chi connectivity index (χ0) is 14.6. The van der Waals surface area contributed by atoms with E-state index in [-0.39, 0.29) is 23.8 Å². The number of rotatable bonds is 6. The van der Waals surface area contributed by atoms with Gasteiger partial charge in [-0.25, -0.2) is 12.8 Å². The minimum Gasteiger partial charge on any atom is -0.330 e. The number of nitrogens with zero attached hydrogens (tertiary/aromatic N) is 1. The lowest BCUT2D eigenvalue weighted by Gasteiger charge is -2.09. The molecule has 19 heavy (non-hydrogen) atoms. The summed E-state index contributed by atoms with van der Waals surface area (Å²) in [5.41, 5.74) is 4.80. The average molecular weight is 290 g/mol. The maximum absolute atomic E-state index is 13.1. The first-order valence-corrected chi connectivity index (χ1v) is 7.40. The Labute approximate surface area is 110 Å². The number of sulfone groups is 1. The van der Waals surface area contributed by atoms with Gasteiger partial charge in [0.2, 0.25) is 0 Å². The molecule has 0 aliphatic carbocycles. The topological polar surface area (TPSA) is 103 Å². The molecular weight excluding hydrogens is 275 g/mol. The molecule has 1 rings (SSSR count). The molecule has 0 fully saturated rings. The van der Waals surface area contributed by atoms with Gasteiger partial charge in [-0.15, -0.1) is 0 Å². The molecule has 0 aromatic heterocycles. The molecule has 1 aromatic carbocycles.